The minimum atomic E-state index is -0.565. The molecule has 0 aliphatic carbocycles. The summed E-state index contributed by atoms with van der Waals surface area (Å²) in [6.45, 7) is 0.358. The van der Waals surface area contributed by atoms with Crippen LogP contribution in [-0.2, 0) is 0 Å². The van der Waals surface area contributed by atoms with Crippen LogP contribution in [0.4, 0.5) is 0 Å². The Bertz CT molecular complexity index is 578. The number of benzene rings is 1. The number of rotatable bonds is 5. The highest BCUT2D eigenvalue weighted by Gasteiger charge is 2.03. The molecule has 1 heterocycles. The summed E-state index contributed by atoms with van der Waals surface area (Å²) in [5.74, 6) is 0.786. The van der Waals surface area contributed by atoms with Gasteiger partial charge < -0.3 is 14.3 Å². The largest absolute Gasteiger partial charge is 0.493 e. The fourth-order valence-electron chi connectivity index (χ4n) is 1.52. The van der Waals surface area contributed by atoms with Gasteiger partial charge in [0.25, 0.3) is 0 Å². The van der Waals surface area contributed by atoms with Crippen molar-refractivity contribution in [2.75, 3.05) is 12.5 Å². The van der Waals surface area contributed by atoms with Crippen LogP contribution in [0.5, 0.6) is 5.75 Å². The Morgan fingerprint density at radius 1 is 1.33 bits per heavy atom. The number of halogens is 1. The molecule has 1 N–H and O–H groups in total. The average molecular weight is 269 g/mol. The molecule has 1 aromatic heterocycles. The number of alkyl halides is 1. The lowest BCUT2D eigenvalue weighted by atomic mass is 10.2. The molecule has 18 heavy (non-hydrogen) atoms. The van der Waals surface area contributed by atoms with E-state index in [2.05, 4.69) is 0 Å². The fourth-order valence-corrected chi connectivity index (χ4v) is 1.68. The zero-order valence-electron chi connectivity index (χ0n) is 9.64. The van der Waals surface area contributed by atoms with Gasteiger partial charge >= 0.3 is 5.63 Å². The monoisotopic (exact) mass is 268 g/mol. The van der Waals surface area contributed by atoms with Crippen LogP contribution in [0.2, 0.25) is 0 Å². The molecule has 0 radical (unpaired) electrons. The second-order valence-corrected chi connectivity index (χ2v) is 4.21. The lowest BCUT2D eigenvalue weighted by Crippen LogP contribution is -2.13. The molecule has 2 aromatic rings. The van der Waals surface area contributed by atoms with Gasteiger partial charge in [0.05, 0.1) is 12.7 Å². The van der Waals surface area contributed by atoms with E-state index in [-0.39, 0.29) is 5.88 Å². The Labute approximate surface area is 109 Å². The number of fused-ring (bicyclic) bond motifs is 1. The fraction of sp³-hybridized carbons (Fsp3) is 0.308. The Hall–Kier alpha value is -1.52. The normalized spacial score (nSPS) is 12.6. The van der Waals surface area contributed by atoms with E-state index in [0.717, 1.165) is 5.39 Å². The van der Waals surface area contributed by atoms with Gasteiger partial charge in [-0.15, -0.1) is 11.6 Å². The molecular formula is C13H13ClO4. The van der Waals surface area contributed by atoms with Crippen LogP contribution in [0.15, 0.2) is 39.5 Å². The summed E-state index contributed by atoms with van der Waals surface area (Å²) in [7, 11) is 0. The molecule has 1 aromatic carbocycles. The van der Waals surface area contributed by atoms with Gasteiger partial charge in [0.1, 0.15) is 11.3 Å². The van der Waals surface area contributed by atoms with Gasteiger partial charge in [-0.1, -0.05) is 0 Å². The molecule has 2 rings (SSSR count). The van der Waals surface area contributed by atoms with Crippen molar-refractivity contribution in [1.82, 2.24) is 0 Å². The topological polar surface area (TPSA) is 59.7 Å². The summed E-state index contributed by atoms with van der Waals surface area (Å²) >= 11 is 5.47. The summed E-state index contributed by atoms with van der Waals surface area (Å²) in [6.07, 6.45) is -0.106. The highest BCUT2D eigenvalue weighted by molar-refractivity contribution is 6.18. The Balaban J connectivity index is 2.07. The van der Waals surface area contributed by atoms with Crippen molar-refractivity contribution in [3.05, 3.63) is 40.8 Å². The van der Waals surface area contributed by atoms with Crippen molar-refractivity contribution in [2.45, 2.75) is 12.5 Å². The number of ether oxygens (including phenoxy) is 1. The molecule has 0 spiro atoms. The van der Waals surface area contributed by atoms with Crippen molar-refractivity contribution < 1.29 is 14.3 Å². The molecule has 0 aliphatic heterocycles. The highest BCUT2D eigenvalue weighted by atomic mass is 35.5. The first-order valence-electron chi connectivity index (χ1n) is 5.60. The Morgan fingerprint density at radius 3 is 2.89 bits per heavy atom. The van der Waals surface area contributed by atoms with Gasteiger partial charge in [-0.2, -0.15) is 0 Å². The van der Waals surface area contributed by atoms with Gasteiger partial charge in [-0.05, 0) is 18.2 Å². The maximum atomic E-state index is 11.1. The maximum Gasteiger partial charge on any atom is 0.336 e. The predicted molar refractivity (Wildman–Crippen MR) is 69.3 cm³/mol. The van der Waals surface area contributed by atoms with Crippen molar-refractivity contribution in [2.24, 2.45) is 0 Å². The molecule has 4 nitrogen and oxygen atoms in total. The van der Waals surface area contributed by atoms with Crippen LogP contribution in [0.25, 0.3) is 11.0 Å². The minimum Gasteiger partial charge on any atom is -0.493 e. The summed E-state index contributed by atoms with van der Waals surface area (Å²) in [6, 6.07) is 8.33. The number of hydrogen-bond donors (Lipinski definition) is 1. The van der Waals surface area contributed by atoms with E-state index in [1.54, 1.807) is 18.2 Å². The van der Waals surface area contributed by atoms with Crippen LogP contribution in [-0.4, -0.2) is 23.7 Å². The maximum absolute atomic E-state index is 11.1. The number of hydrogen-bond acceptors (Lipinski definition) is 4. The quantitative estimate of drug-likeness (QED) is 0.667. The molecular weight excluding hydrogens is 256 g/mol. The zero-order chi connectivity index (χ0) is 13.0. The SMILES string of the molecule is O=c1ccc2ccc(OCCC(O)CCl)cc2o1. The van der Waals surface area contributed by atoms with E-state index in [9.17, 15) is 9.90 Å². The predicted octanol–water partition coefficient (Wildman–Crippen LogP) is 2.16. The van der Waals surface area contributed by atoms with E-state index in [1.807, 2.05) is 6.07 Å². The second kappa shape index (κ2) is 5.89. The first-order chi connectivity index (χ1) is 8.69. The van der Waals surface area contributed by atoms with E-state index < -0.39 is 11.7 Å². The van der Waals surface area contributed by atoms with Gasteiger partial charge in [0, 0.05) is 29.8 Å². The van der Waals surface area contributed by atoms with E-state index >= 15 is 0 Å². The molecule has 0 bridgehead atoms. The smallest absolute Gasteiger partial charge is 0.336 e. The summed E-state index contributed by atoms with van der Waals surface area (Å²) in [5.41, 5.74) is 0.0927. The molecule has 0 amide bonds. The van der Waals surface area contributed by atoms with Crippen molar-refractivity contribution in [3.63, 3.8) is 0 Å². The highest BCUT2D eigenvalue weighted by Crippen LogP contribution is 2.19. The third kappa shape index (κ3) is 3.24. The van der Waals surface area contributed by atoms with Crippen LogP contribution < -0.4 is 10.4 Å². The van der Waals surface area contributed by atoms with Gasteiger partial charge in [0.15, 0.2) is 0 Å². The van der Waals surface area contributed by atoms with E-state index in [1.165, 1.54) is 6.07 Å². The average Bonchev–Trinajstić information content (AvgIpc) is 2.38. The van der Waals surface area contributed by atoms with Crippen molar-refractivity contribution >= 4 is 22.6 Å². The van der Waals surface area contributed by atoms with Crippen LogP contribution in [0, 0.1) is 0 Å². The summed E-state index contributed by atoms with van der Waals surface area (Å²) in [4.78, 5) is 11.1. The Kier molecular flexibility index (Phi) is 4.23. The molecule has 96 valence electrons. The van der Waals surface area contributed by atoms with Gasteiger partial charge in [-0.25, -0.2) is 4.79 Å². The molecule has 0 saturated heterocycles. The zero-order valence-corrected chi connectivity index (χ0v) is 10.4. The molecule has 1 unspecified atom stereocenters. The molecule has 1 atom stereocenters. The second-order valence-electron chi connectivity index (χ2n) is 3.90. The molecule has 0 fully saturated rings. The van der Waals surface area contributed by atoms with Crippen molar-refractivity contribution in [1.29, 1.82) is 0 Å². The number of aliphatic hydroxyl groups is 1. The van der Waals surface area contributed by atoms with Crippen LogP contribution in [0.1, 0.15) is 6.42 Å². The van der Waals surface area contributed by atoms with Crippen LogP contribution >= 0.6 is 11.6 Å². The third-order valence-corrected chi connectivity index (χ3v) is 2.85. The van der Waals surface area contributed by atoms with Gasteiger partial charge in [0.2, 0.25) is 0 Å². The first-order valence-corrected chi connectivity index (χ1v) is 6.13. The van der Waals surface area contributed by atoms with E-state index in [4.69, 9.17) is 20.8 Å². The molecule has 0 aliphatic rings. The molecule has 5 heteroatoms. The van der Waals surface area contributed by atoms with E-state index in [0.29, 0.717) is 24.4 Å². The third-order valence-electron chi connectivity index (χ3n) is 2.49. The summed E-state index contributed by atoms with van der Waals surface area (Å²) in [5, 5.41) is 10.1. The number of aliphatic hydroxyl groups excluding tert-OH is 1. The lowest BCUT2D eigenvalue weighted by Gasteiger charge is -2.09. The minimum absolute atomic E-state index is 0.190. The van der Waals surface area contributed by atoms with Crippen molar-refractivity contribution in [3.8, 4) is 5.75 Å². The Morgan fingerprint density at radius 2 is 2.11 bits per heavy atom. The lowest BCUT2D eigenvalue weighted by molar-refractivity contribution is 0.158. The van der Waals surface area contributed by atoms with Gasteiger partial charge in [-0.3, -0.25) is 0 Å². The van der Waals surface area contributed by atoms with Crippen LogP contribution in [0.3, 0.4) is 0 Å². The standard InChI is InChI=1S/C13H13ClO4/c14-8-10(15)5-6-17-11-3-1-9-2-4-13(16)18-12(9)7-11/h1-4,7,10,15H,5-6,8H2. The summed E-state index contributed by atoms with van der Waals surface area (Å²) < 4.78 is 10.5. The first kappa shape index (κ1) is 12.9. The molecule has 0 saturated carbocycles.